The Balaban J connectivity index is 2.49. The van der Waals surface area contributed by atoms with Gasteiger partial charge in [0, 0.05) is 11.1 Å². The molecule has 2 aromatic rings. The molecular formula is C18H12F6O5. The first kappa shape index (κ1) is 22.4. The number of carbonyl (C=O) groups is 2. The van der Waals surface area contributed by atoms with Crippen molar-refractivity contribution in [1.29, 1.82) is 0 Å². The largest absolute Gasteiger partial charge is 0.432 e. The summed E-state index contributed by atoms with van der Waals surface area (Å²) in [5.41, 5.74) is -11.1. The Kier molecular flexibility index (Phi) is 5.77. The third-order valence-corrected chi connectivity index (χ3v) is 3.98. The summed E-state index contributed by atoms with van der Waals surface area (Å²) in [6, 6.07) is 9.17. The molecule has 2 atom stereocenters. The number of esters is 2. The minimum absolute atomic E-state index is 0.659. The van der Waals surface area contributed by atoms with E-state index >= 15 is 0 Å². The summed E-state index contributed by atoms with van der Waals surface area (Å²) >= 11 is 0. The SMILES string of the molecule is O=C(OC(=O)[C@@](O)(c1ccccc1)C(F)(F)F)[C@@](O)(c1ccccc1)C(F)(F)F. The lowest BCUT2D eigenvalue weighted by Gasteiger charge is -2.31. The lowest BCUT2D eigenvalue weighted by Crippen LogP contribution is -2.55. The lowest BCUT2D eigenvalue weighted by atomic mass is 9.91. The van der Waals surface area contributed by atoms with E-state index in [1.807, 2.05) is 0 Å². The van der Waals surface area contributed by atoms with Crippen LogP contribution in [0.25, 0.3) is 0 Å². The average molecular weight is 422 g/mol. The highest BCUT2D eigenvalue weighted by atomic mass is 19.4. The predicted molar refractivity (Wildman–Crippen MR) is 83.9 cm³/mol. The van der Waals surface area contributed by atoms with Crippen LogP contribution in [0, 0.1) is 0 Å². The van der Waals surface area contributed by atoms with Gasteiger partial charge in [0.2, 0.25) is 0 Å². The van der Waals surface area contributed by atoms with Crippen molar-refractivity contribution >= 4 is 11.9 Å². The molecule has 0 heterocycles. The number of hydrogen-bond acceptors (Lipinski definition) is 5. The Morgan fingerprint density at radius 2 is 0.897 bits per heavy atom. The van der Waals surface area contributed by atoms with Gasteiger partial charge in [0.05, 0.1) is 0 Å². The van der Waals surface area contributed by atoms with Crippen molar-refractivity contribution in [3.63, 3.8) is 0 Å². The van der Waals surface area contributed by atoms with E-state index in [1.165, 1.54) is 12.1 Å². The highest BCUT2D eigenvalue weighted by Gasteiger charge is 2.66. The number of aliphatic hydroxyl groups is 2. The quantitative estimate of drug-likeness (QED) is 0.450. The van der Waals surface area contributed by atoms with E-state index in [0.29, 0.717) is 24.3 Å². The maximum Gasteiger partial charge on any atom is 0.432 e. The smallest absolute Gasteiger partial charge is 0.388 e. The predicted octanol–water partition coefficient (Wildman–Crippen LogP) is 2.96. The molecule has 0 aliphatic rings. The second kappa shape index (κ2) is 7.48. The van der Waals surface area contributed by atoms with Gasteiger partial charge in [0.15, 0.2) is 0 Å². The molecule has 0 amide bonds. The van der Waals surface area contributed by atoms with Crippen LogP contribution in [0.5, 0.6) is 0 Å². The first-order chi connectivity index (χ1) is 13.3. The normalized spacial score (nSPS) is 16.4. The van der Waals surface area contributed by atoms with Crippen LogP contribution in [-0.2, 0) is 25.5 Å². The monoisotopic (exact) mass is 422 g/mol. The molecule has 0 fully saturated rings. The maximum atomic E-state index is 13.4. The molecule has 0 spiro atoms. The molecule has 5 nitrogen and oxygen atoms in total. The topological polar surface area (TPSA) is 83.8 Å². The van der Waals surface area contributed by atoms with Gasteiger partial charge in [-0.3, -0.25) is 0 Å². The molecule has 0 radical (unpaired) electrons. The number of ether oxygens (including phenoxy) is 1. The molecule has 2 N–H and O–H groups in total. The summed E-state index contributed by atoms with van der Waals surface area (Å²) in [5, 5.41) is 19.9. The van der Waals surface area contributed by atoms with Crippen molar-refractivity contribution in [3.8, 4) is 0 Å². The molecule has 2 rings (SSSR count). The van der Waals surface area contributed by atoms with Gasteiger partial charge in [0.1, 0.15) is 0 Å². The molecule has 0 aliphatic carbocycles. The number of hydrogen-bond donors (Lipinski definition) is 2. The van der Waals surface area contributed by atoms with Crippen LogP contribution in [0.1, 0.15) is 11.1 Å². The summed E-state index contributed by atoms with van der Waals surface area (Å²) in [4.78, 5) is 24.1. The Bertz CT molecular complexity index is 808. The van der Waals surface area contributed by atoms with Crippen molar-refractivity contribution in [2.45, 2.75) is 23.6 Å². The van der Waals surface area contributed by atoms with Gasteiger partial charge < -0.3 is 14.9 Å². The Labute approximate surface area is 159 Å². The highest BCUT2D eigenvalue weighted by Crippen LogP contribution is 2.43. The van der Waals surface area contributed by atoms with E-state index in [4.69, 9.17) is 0 Å². The highest BCUT2D eigenvalue weighted by molar-refractivity contribution is 5.95. The van der Waals surface area contributed by atoms with Crippen LogP contribution in [0.3, 0.4) is 0 Å². The van der Waals surface area contributed by atoms with E-state index < -0.39 is 46.6 Å². The van der Waals surface area contributed by atoms with E-state index in [9.17, 15) is 46.1 Å². The van der Waals surface area contributed by atoms with Gasteiger partial charge in [-0.25, -0.2) is 9.59 Å². The molecule has 0 saturated heterocycles. The molecule has 156 valence electrons. The second-order valence-corrected chi connectivity index (χ2v) is 5.83. The number of alkyl halides is 6. The number of benzene rings is 2. The first-order valence-electron chi connectivity index (χ1n) is 7.72. The van der Waals surface area contributed by atoms with Gasteiger partial charge >= 0.3 is 24.3 Å². The molecular weight excluding hydrogens is 410 g/mol. The molecule has 11 heteroatoms. The fourth-order valence-electron chi connectivity index (χ4n) is 2.39. The maximum absolute atomic E-state index is 13.4. The van der Waals surface area contributed by atoms with Crippen LogP contribution in [0.2, 0.25) is 0 Å². The second-order valence-electron chi connectivity index (χ2n) is 5.83. The van der Waals surface area contributed by atoms with Gasteiger partial charge in [-0.15, -0.1) is 0 Å². The molecule has 0 aliphatic heterocycles. The Morgan fingerprint density at radius 3 is 1.14 bits per heavy atom. The minimum atomic E-state index is -5.76. The number of carbonyl (C=O) groups excluding carboxylic acids is 2. The zero-order valence-corrected chi connectivity index (χ0v) is 14.2. The molecule has 0 saturated carbocycles. The van der Waals surface area contributed by atoms with E-state index in [-0.39, 0.29) is 0 Å². The summed E-state index contributed by atoms with van der Waals surface area (Å²) in [5.74, 6) is -5.50. The summed E-state index contributed by atoms with van der Waals surface area (Å²) in [7, 11) is 0. The van der Waals surface area contributed by atoms with Crippen LogP contribution < -0.4 is 0 Å². The minimum Gasteiger partial charge on any atom is -0.388 e. The lowest BCUT2D eigenvalue weighted by molar-refractivity contribution is -0.279. The molecule has 29 heavy (non-hydrogen) atoms. The van der Waals surface area contributed by atoms with Crippen molar-refractivity contribution < 1.29 is 50.9 Å². The first-order valence-corrected chi connectivity index (χ1v) is 7.72. The molecule has 0 aromatic heterocycles. The van der Waals surface area contributed by atoms with Crippen LogP contribution in [0.15, 0.2) is 60.7 Å². The van der Waals surface area contributed by atoms with Crippen LogP contribution in [0.4, 0.5) is 26.3 Å². The third kappa shape index (κ3) is 3.83. The summed E-state index contributed by atoms with van der Waals surface area (Å²) in [6.07, 6.45) is -11.5. The van der Waals surface area contributed by atoms with E-state index in [1.54, 1.807) is 0 Å². The van der Waals surface area contributed by atoms with Crippen molar-refractivity contribution in [2.75, 3.05) is 0 Å². The summed E-state index contributed by atoms with van der Waals surface area (Å²) in [6.45, 7) is 0. The molecule has 0 unspecified atom stereocenters. The van der Waals surface area contributed by atoms with E-state index in [0.717, 1.165) is 24.3 Å². The van der Waals surface area contributed by atoms with Crippen LogP contribution >= 0.6 is 0 Å². The van der Waals surface area contributed by atoms with Crippen molar-refractivity contribution in [2.24, 2.45) is 0 Å². The number of halogens is 6. The average Bonchev–Trinajstić information content (AvgIpc) is 2.66. The van der Waals surface area contributed by atoms with Gasteiger partial charge in [0.25, 0.3) is 11.2 Å². The summed E-state index contributed by atoms with van der Waals surface area (Å²) < 4.78 is 84.1. The van der Waals surface area contributed by atoms with Crippen molar-refractivity contribution in [1.82, 2.24) is 0 Å². The fraction of sp³-hybridized carbons (Fsp3) is 0.222. The standard InChI is InChI=1S/C18H12F6O5/c19-17(20,21)15(27,11-7-3-1-4-8-11)13(25)29-14(26)16(28,18(22,23)24)12-9-5-2-6-10-12/h1-10,27-28H/t15-,16-/m0/s1. The van der Waals surface area contributed by atoms with E-state index in [2.05, 4.69) is 4.74 Å². The Morgan fingerprint density at radius 1 is 0.621 bits per heavy atom. The molecule has 2 aromatic carbocycles. The van der Waals surface area contributed by atoms with Crippen LogP contribution in [-0.4, -0.2) is 34.5 Å². The van der Waals surface area contributed by atoms with Gasteiger partial charge in [-0.1, -0.05) is 60.7 Å². The fourth-order valence-corrected chi connectivity index (χ4v) is 2.39. The number of rotatable bonds is 4. The van der Waals surface area contributed by atoms with Crippen molar-refractivity contribution in [3.05, 3.63) is 71.8 Å². The zero-order valence-electron chi connectivity index (χ0n) is 14.2. The Hall–Kier alpha value is -2.92. The molecule has 0 bridgehead atoms. The van der Waals surface area contributed by atoms with Gasteiger partial charge in [-0.05, 0) is 0 Å². The van der Waals surface area contributed by atoms with Gasteiger partial charge in [-0.2, -0.15) is 26.3 Å². The third-order valence-electron chi connectivity index (χ3n) is 3.98. The zero-order chi connectivity index (χ0) is 22.1.